The van der Waals surface area contributed by atoms with Crippen LogP contribution in [-0.4, -0.2) is 47.3 Å². The first-order chi connectivity index (χ1) is 8.19. The minimum Gasteiger partial charge on any atom is -0.496 e. The fourth-order valence-electron chi connectivity index (χ4n) is 2.06. The molecule has 0 radical (unpaired) electrons. The van der Waals surface area contributed by atoms with E-state index in [1.54, 1.807) is 18.2 Å². The van der Waals surface area contributed by atoms with Crippen molar-refractivity contribution >= 4 is 0 Å². The third-order valence-electron chi connectivity index (χ3n) is 2.99. The van der Waals surface area contributed by atoms with E-state index in [0.29, 0.717) is 11.3 Å². The van der Waals surface area contributed by atoms with E-state index in [0.717, 1.165) is 0 Å². The lowest BCUT2D eigenvalue weighted by Crippen LogP contribution is -2.32. The highest BCUT2D eigenvalue weighted by Gasteiger charge is 2.43. The van der Waals surface area contributed by atoms with Gasteiger partial charge in [0.2, 0.25) is 0 Å². The Morgan fingerprint density at radius 1 is 1.24 bits per heavy atom. The van der Waals surface area contributed by atoms with Crippen LogP contribution in [0.1, 0.15) is 11.7 Å². The van der Waals surface area contributed by atoms with Crippen LogP contribution in [0.2, 0.25) is 0 Å². The molecule has 2 rings (SSSR count). The third-order valence-corrected chi connectivity index (χ3v) is 2.99. The second-order valence-electron chi connectivity index (χ2n) is 4.00. The van der Waals surface area contributed by atoms with E-state index in [1.807, 2.05) is 6.07 Å². The molecule has 0 amide bonds. The fraction of sp³-hybridized carbons (Fsp3) is 0.500. The molecule has 1 aliphatic rings. The smallest absolute Gasteiger partial charge is 0.124 e. The molecule has 3 N–H and O–H groups in total. The van der Waals surface area contributed by atoms with Crippen LogP contribution in [0.25, 0.3) is 0 Å². The average molecular weight is 240 g/mol. The van der Waals surface area contributed by atoms with Crippen molar-refractivity contribution in [1.29, 1.82) is 0 Å². The highest BCUT2D eigenvalue weighted by atomic mass is 16.6. The van der Waals surface area contributed by atoms with Gasteiger partial charge in [-0.2, -0.15) is 0 Å². The lowest BCUT2D eigenvalue weighted by atomic mass is 10.0. The lowest BCUT2D eigenvalue weighted by molar-refractivity contribution is -0.0233. The number of aliphatic hydroxyl groups excluding tert-OH is 3. The molecule has 0 unspecified atom stereocenters. The topological polar surface area (TPSA) is 79.2 Å². The molecule has 1 heterocycles. The summed E-state index contributed by atoms with van der Waals surface area (Å²) in [4.78, 5) is 0. The molecule has 0 aliphatic carbocycles. The van der Waals surface area contributed by atoms with Crippen molar-refractivity contribution in [2.75, 3.05) is 13.7 Å². The van der Waals surface area contributed by atoms with Crippen LogP contribution in [-0.2, 0) is 4.74 Å². The van der Waals surface area contributed by atoms with Gasteiger partial charge < -0.3 is 24.8 Å². The van der Waals surface area contributed by atoms with Crippen molar-refractivity contribution in [2.45, 2.75) is 24.4 Å². The van der Waals surface area contributed by atoms with Gasteiger partial charge in [-0.15, -0.1) is 0 Å². The Hall–Kier alpha value is -1.14. The van der Waals surface area contributed by atoms with Gasteiger partial charge in [-0.1, -0.05) is 18.2 Å². The Kier molecular flexibility index (Phi) is 3.63. The molecule has 0 bridgehead atoms. The maximum absolute atomic E-state index is 9.89. The van der Waals surface area contributed by atoms with Crippen LogP contribution >= 0.6 is 0 Å². The largest absolute Gasteiger partial charge is 0.496 e. The third kappa shape index (κ3) is 2.14. The zero-order chi connectivity index (χ0) is 12.4. The van der Waals surface area contributed by atoms with Gasteiger partial charge in [0.25, 0.3) is 0 Å². The molecule has 0 saturated carbocycles. The Labute approximate surface area is 99.2 Å². The van der Waals surface area contributed by atoms with Gasteiger partial charge in [-0.3, -0.25) is 0 Å². The summed E-state index contributed by atoms with van der Waals surface area (Å²) in [5, 5.41) is 28.6. The standard InChI is InChI=1S/C12H16O5/c1-16-8-5-3-2-4-7(8)12-11(15)10(14)9(6-13)17-12/h2-5,9-15H,6H2,1H3/t9-,10+,11+,12+/m1/s1. The summed E-state index contributed by atoms with van der Waals surface area (Å²) in [5.74, 6) is 0.585. The molecule has 1 aromatic rings. The number of methoxy groups -OCH3 is 1. The van der Waals surface area contributed by atoms with Crippen LogP contribution in [0.15, 0.2) is 24.3 Å². The summed E-state index contributed by atoms with van der Waals surface area (Å²) in [6, 6.07) is 7.12. The number of aliphatic hydroxyl groups is 3. The first-order valence-electron chi connectivity index (χ1n) is 5.44. The maximum atomic E-state index is 9.89. The monoisotopic (exact) mass is 240 g/mol. The number of para-hydroxylation sites is 1. The normalized spacial score (nSPS) is 32.7. The number of hydrogen-bond acceptors (Lipinski definition) is 5. The zero-order valence-corrected chi connectivity index (χ0v) is 9.48. The van der Waals surface area contributed by atoms with E-state index in [9.17, 15) is 10.2 Å². The summed E-state index contributed by atoms with van der Waals surface area (Å²) in [6.45, 7) is -0.329. The molecule has 1 aromatic carbocycles. The van der Waals surface area contributed by atoms with Gasteiger partial charge in [0.1, 0.15) is 30.2 Å². The number of rotatable bonds is 3. The van der Waals surface area contributed by atoms with E-state index in [-0.39, 0.29) is 6.61 Å². The Morgan fingerprint density at radius 3 is 2.53 bits per heavy atom. The number of ether oxygens (including phenoxy) is 2. The van der Waals surface area contributed by atoms with Crippen LogP contribution in [0, 0.1) is 0 Å². The summed E-state index contributed by atoms with van der Waals surface area (Å²) in [7, 11) is 1.53. The van der Waals surface area contributed by atoms with Crippen LogP contribution < -0.4 is 4.74 Å². The molecule has 1 fully saturated rings. The van der Waals surface area contributed by atoms with Crippen LogP contribution in [0.4, 0.5) is 0 Å². The van der Waals surface area contributed by atoms with E-state index in [2.05, 4.69) is 0 Å². The molecule has 5 heteroatoms. The Morgan fingerprint density at radius 2 is 1.94 bits per heavy atom. The minimum absolute atomic E-state index is 0.329. The fourth-order valence-corrected chi connectivity index (χ4v) is 2.06. The second kappa shape index (κ2) is 5.01. The molecule has 5 nitrogen and oxygen atoms in total. The molecule has 1 aliphatic heterocycles. The number of hydrogen-bond donors (Lipinski definition) is 3. The first kappa shape index (κ1) is 12.3. The summed E-state index contributed by atoms with van der Waals surface area (Å²) < 4.78 is 10.6. The summed E-state index contributed by atoms with van der Waals surface area (Å²) in [6.07, 6.45) is -3.60. The SMILES string of the molecule is COc1ccccc1[C@@H]1O[C@H](CO)[C@H](O)[C@@H]1O. The average Bonchev–Trinajstić information content (AvgIpc) is 2.66. The molecule has 4 atom stereocenters. The van der Waals surface area contributed by atoms with Gasteiger partial charge in [0, 0.05) is 5.56 Å². The van der Waals surface area contributed by atoms with E-state index >= 15 is 0 Å². The van der Waals surface area contributed by atoms with Gasteiger partial charge in [-0.25, -0.2) is 0 Å². The van der Waals surface area contributed by atoms with Crippen LogP contribution in [0.5, 0.6) is 5.75 Å². The van der Waals surface area contributed by atoms with Gasteiger partial charge in [0.05, 0.1) is 13.7 Å². The first-order valence-corrected chi connectivity index (χ1v) is 5.44. The predicted octanol–water partition coefficient (Wildman–Crippen LogP) is -0.151. The van der Waals surface area contributed by atoms with E-state index < -0.39 is 24.4 Å². The van der Waals surface area contributed by atoms with Crippen molar-refractivity contribution < 1.29 is 24.8 Å². The Bertz CT molecular complexity index is 381. The Balaban J connectivity index is 2.28. The van der Waals surface area contributed by atoms with Gasteiger partial charge in [0.15, 0.2) is 0 Å². The molecule has 0 aromatic heterocycles. The molecule has 0 spiro atoms. The summed E-state index contributed by atoms with van der Waals surface area (Å²) >= 11 is 0. The lowest BCUT2D eigenvalue weighted by Gasteiger charge is -2.17. The summed E-state index contributed by atoms with van der Waals surface area (Å²) in [5.41, 5.74) is 0.664. The maximum Gasteiger partial charge on any atom is 0.124 e. The molecule has 1 saturated heterocycles. The van der Waals surface area contributed by atoms with Crippen molar-refractivity contribution in [2.24, 2.45) is 0 Å². The van der Waals surface area contributed by atoms with Crippen molar-refractivity contribution in [1.82, 2.24) is 0 Å². The predicted molar refractivity (Wildman–Crippen MR) is 59.7 cm³/mol. The minimum atomic E-state index is -1.09. The van der Waals surface area contributed by atoms with Crippen LogP contribution in [0.3, 0.4) is 0 Å². The molecule has 94 valence electrons. The quantitative estimate of drug-likeness (QED) is 0.684. The second-order valence-corrected chi connectivity index (χ2v) is 4.00. The van der Waals surface area contributed by atoms with Crippen molar-refractivity contribution in [3.63, 3.8) is 0 Å². The zero-order valence-electron chi connectivity index (χ0n) is 9.48. The van der Waals surface area contributed by atoms with E-state index in [4.69, 9.17) is 14.6 Å². The molecular formula is C12H16O5. The van der Waals surface area contributed by atoms with E-state index in [1.165, 1.54) is 7.11 Å². The molecule has 17 heavy (non-hydrogen) atoms. The molecular weight excluding hydrogens is 224 g/mol. The number of benzene rings is 1. The van der Waals surface area contributed by atoms with Gasteiger partial charge >= 0.3 is 0 Å². The van der Waals surface area contributed by atoms with Gasteiger partial charge in [-0.05, 0) is 6.07 Å². The highest BCUT2D eigenvalue weighted by Crippen LogP contribution is 2.37. The highest BCUT2D eigenvalue weighted by molar-refractivity contribution is 5.36. The van der Waals surface area contributed by atoms with Crippen molar-refractivity contribution in [3.8, 4) is 5.75 Å². The van der Waals surface area contributed by atoms with Crippen molar-refractivity contribution in [3.05, 3.63) is 29.8 Å².